The van der Waals surface area contributed by atoms with E-state index in [0.29, 0.717) is 33.3 Å². The molecule has 2 aromatic heterocycles. The fourth-order valence-corrected chi connectivity index (χ4v) is 2.30. The Labute approximate surface area is 125 Å². The number of hydrogen-bond donors (Lipinski definition) is 0. The van der Waals surface area contributed by atoms with Crippen LogP contribution in [-0.2, 0) is 7.05 Å². The van der Waals surface area contributed by atoms with Crippen LogP contribution in [0.25, 0.3) is 22.4 Å². The predicted molar refractivity (Wildman–Crippen MR) is 77.6 cm³/mol. The minimum Gasteiger partial charge on any atom is -0.477 e. The first-order chi connectivity index (χ1) is 10.2. The Morgan fingerprint density at radius 2 is 1.81 bits per heavy atom. The Bertz CT molecular complexity index is 818. The lowest BCUT2D eigenvalue weighted by Crippen LogP contribution is -2.01. The fourth-order valence-electron chi connectivity index (χ4n) is 2.07. The average molecular weight is 306 g/mol. The lowest BCUT2D eigenvalue weighted by Gasteiger charge is -2.10. The summed E-state index contributed by atoms with van der Waals surface area (Å²) >= 11 is 6.31. The maximum absolute atomic E-state index is 6.31. The summed E-state index contributed by atoms with van der Waals surface area (Å²) < 4.78 is 12.0. The molecule has 0 saturated carbocycles. The van der Waals surface area contributed by atoms with Crippen molar-refractivity contribution in [2.45, 2.75) is 0 Å². The molecule has 0 aliphatic heterocycles. The zero-order valence-corrected chi connectivity index (χ0v) is 12.4. The smallest absolute Gasteiger partial charge is 0.278 e. The summed E-state index contributed by atoms with van der Waals surface area (Å²) in [5.41, 5.74) is 1.87. The summed E-state index contributed by atoms with van der Waals surface area (Å²) in [7, 11) is 4.80. The molecule has 7 nitrogen and oxygen atoms in total. The standard InChI is InChI=1S/C13H12ClN5O2/c1-19-11(15-6-16-19)9-7(14)4-5-8-10(9)18-13(21-3)12(17-8)20-2/h4-6H,1-3H3. The quantitative estimate of drug-likeness (QED) is 0.737. The second-order valence-electron chi connectivity index (χ2n) is 4.24. The van der Waals surface area contributed by atoms with E-state index in [9.17, 15) is 0 Å². The molecule has 1 aromatic carbocycles. The molecular formula is C13H12ClN5O2. The summed E-state index contributed by atoms with van der Waals surface area (Å²) in [5.74, 6) is 1.21. The third-order valence-corrected chi connectivity index (χ3v) is 3.36. The number of ether oxygens (including phenoxy) is 2. The van der Waals surface area contributed by atoms with Crippen molar-refractivity contribution >= 4 is 22.6 Å². The van der Waals surface area contributed by atoms with E-state index >= 15 is 0 Å². The van der Waals surface area contributed by atoms with Gasteiger partial charge in [-0.3, -0.25) is 0 Å². The molecule has 0 fully saturated rings. The minimum absolute atomic E-state index is 0.288. The van der Waals surface area contributed by atoms with Gasteiger partial charge in [0.25, 0.3) is 11.8 Å². The van der Waals surface area contributed by atoms with Gasteiger partial charge in [-0.15, -0.1) is 0 Å². The number of fused-ring (bicyclic) bond motifs is 1. The molecule has 8 heteroatoms. The van der Waals surface area contributed by atoms with Gasteiger partial charge < -0.3 is 9.47 Å². The third-order valence-electron chi connectivity index (χ3n) is 3.05. The van der Waals surface area contributed by atoms with Crippen molar-refractivity contribution in [2.24, 2.45) is 7.05 Å². The highest BCUT2D eigenvalue weighted by Crippen LogP contribution is 2.35. The maximum Gasteiger partial charge on any atom is 0.278 e. The molecule has 0 spiro atoms. The molecule has 0 radical (unpaired) electrons. The first kappa shape index (κ1) is 13.6. The molecule has 0 aliphatic rings. The maximum atomic E-state index is 6.31. The van der Waals surface area contributed by atoms with E-state index in [-0.39, 0.29) is 5.88 Å². The largest absolute Gasteiger partial charge is 0.477 e. The average Bonchev–Trinajstić information content (AvgIpc) is 2.91. The van der Waals surface area contributed by atoms with Crippen LogP contribution in [-0.4, -0.2) is 39.0 Å². The van der Waals surface area contributed by atoms with Crippen LogP contribution >= 0.6 is 11.6 Å². The first-order valence-corrected chi connectivity index (χ1v) is 6.46. The SMILES string of the molecule is COc1nc2ccc(Cl)c(-c3ncnn3C)c2nc1OC. The van der Waals surface area contributed by atoms with Crippen molar-refractivity contribution in [3.05, 3.63) is 23.5 Å². The highest BCUT2D eigenvalue weighted by Gasteiger charge is 2.18. The molecule has 108 valence electrons. The van der Waals surface area contributed by atoms with Crippen LogP contribution in [0.3, 0.4) is 0 Å². The summed E-state index contributed by atoms with van der Waals surface area (Å²) in [4.78, 5) is 13.0. The molecule has 21 heavy (non-hydrogen) atoms. The zero-order valence-electron chi connectivity index (χ0n) is 11.7. The normalized spacial score (nSPS) is 10.9. The monoisotopic (exact) mass is 305 g/mol. The second kappa shape index (κ2) is 5.17. The Hall–Kier alpha value is -2.41. The van der Waals surface area contributed by atoms with Gasteiger partial charge >= 0.3 is 0 Å². The topological polar surface area (TPSA) is 75.0 Å². The molecule has 0 amide bonds. The number of hydrogen-bond acceptors (Lipinski definition) is 6. The Morgan fingerprint density at radius 3 is 2.43 bits per heavy atom. The number of aryl methyl sites for hydroxylation is 1. The van der Waals surface area contributed by atoms with Gasteiger partial charge in [0, 0.05) is 7.05 Å². The summed E-state index contributed by atoms with van der Waals surface area (Å²) in [6.07, 6.45) is 1.46. The van der Waals surface area contributed by atoms with Gasteiger partial charge in [-0.05, 0) is 12.1 Å². The predicted octanol–water partition coefficient (Wildman–Crippen LogP) is 2.10. The lowest BCUT2D eigenvalue weighted by atomic mass is 10.1. The van der Waals surface area contributed by atoms with Crippen molar-refractivity contribution in [3.8, 4) is 23.1 Å². The van der Waals surface area contributed by atoms with Gasteiger partial charge in [0.15, 0.2) is 5.82 Å². The van der Waals surface area contributed by atoms with Crippen LogP contribution in [0, 0.1) is 0 Å². The van der Waals surface area contributed by atoms with E-state index in [2.05, 4.69) is 20.1 Å². The number of nitrogens with zero attached hydrogens (tertiary/aromatic N) is 5. The zero-order chi connectivity index (χ0) is 15.0. The van der Waals surface area contributed by atoms with Crippen LogP contribution < -0.4 is 9.47 Å². The first-order valence-electron chi connectivity index (χ1n) is 6.08. The molecule has 0 saturated heterocycles. The van der Waals surface area contributed by atoms with Gasteiger partial charge in [-0.1, -0.05) is 11.6 Å². The minimum atomic E-state index is 0.288. The van der Waals surface area contributed by atoms with Crippen molar-refractivity contribution in [1.29, 1.82) is 0 Å². The summed E-state index contributed by atoms with van der Waals surface area (Å²) in [5, 5.41) is 4.57. The number of methoxy groups -OCH3 is 2. The van der Waals surface area contributed by atoms with Crippen LogP contribution in [0.5, 0.6) is 11.8 Å². The van der Waals surface area contributed by atoms with E-state index < -0.39 is 0 Å². The van der Waals surface area contributed by atoms with Gasteiger partial charge in [-0.2, -0.15) is 5.10 Å². The van der Waals surface area contributed by atoms with E-state index in [1.807, 2.05) is 0 Å². The highest BCUT2D eigenvalue weighted by atomic mass is 35.5. The molecule has 0 N–H and O–H groups in total. The highest BCUT2D eigenvalue weighted by molar-refractivity contribution is 6.34. The van der Waals surface area contributed by atoms with Crippen molar-refractivity contribution in [3.63, 3.8) is 0 Å². The molecule has 2 heterocycles. The Kier molecular flexibility index (Phi) is 3.34. The third kappa shape index (κ3) is 2.15. The van der Waals surface area contributed by atoms with Gasteiger partial charge in [0.05, 0.1) is 30.3 Å². The molecule has 0 atom stereocenters. The van der Waals surface area contributed by atoms with E-state index in [0.717, 1.165) is 0 Å². The van der Waals surface area contributed by atoms with Gasteiger partial charge in [0.1, 0.15) is 11.8 Å². The fraction of sp³-hybridized carbons (Fsp3) is 0.231. The second-order valence-corrected chi connectivity index (χ2v) is 4.65. The van der Waals surface area contributed by atoms with Crippen LogP contribution in [0.4, 0.5) is 0 Å². The van der Waals surface area contributed by atoms with Crippen molar-refractivity contribution in [1.82, 2.24) is 24.7 Å². The summed E-state index contributed by atoms with van der Waals surface area (Å²) in [6.45, 7) is 0. The molecule has 3 aromatic rings. The van der Waals surface area contributed by atoms with Crippen LogP contribution in [0.1, 0.15) is 0 Å². The Balaban J connectivity index is 2.38. The Morgan fingerprint density at radius 1 is 1.10 bits per heavy atom. The summed E-state index contributed by atoms with van der Waals surface area (Å²) in [6, 6.07) is 3.51. The number of halogens is 1. The van der Waals surface area contributed by atoms with E-state index in [1.165, 1.54) is 20.5 Å². The van der Waals surface area contributed by atoms with E-state index in [1.54, 1.807) is 23.9 Å². The van der Waals surface area contributed by atoms with Crippen molar-refractivity contribution in [2.75, 3.05) is 14.2 Å². The van der Waals surface area contributed by atoms with Crippen LogP contribution in [0.2, 0.25) is 5.02 Å². The van der Waals surface area contributed by atoms with E-state index in [4.69, 9.17) is 21.1 Å². The lowest BCUT2D eigenvalue weighted by molar-refractivity contribution is 0.334. The molecular weight excluding hydrogens is 294 g/mol. The molecule has 0 unspecified atom stereocenters. The van der Waals surface area contributed by atoms with Crippen molar-refractivity contribution < 1.29 is 9.47 Å². The van der Waals surface area contributed by atoms with Gasteiger partial charge in [0.2, 0.25) is 0 Å². The molecule has 0 aliphatic carbocycles. The van der Waals surface area contributed by atoms with Crippen LogP contribution in [0.15, 0.2) is 18.5 Å². The molecule has 3 rings (SSSR count). The number of rotatable bonds is 3. The molecule has 0 bridgehead atoms. The number of benzene rings is 1. The van der Waals surface area contributed by atoms with Gasteiger partial charge in [-0.25, -0.2) is 19.6 Å². The number of aromatic nitrogens is 5.